The molecule has 1 aliphatic rings. The van der Waals surface area contributed by atoms with E-state index in [4.69, 9.17) is 0 Å². The molecule has 5 nitrogen and oxygen atoms in total. The van der Waals surface area contributed by atoms with Crippen molar-refractivity contribution >= 4 is 11.8 Å². The minimum Gasteiger partial charge on any atom is -0.348 e. The van der Waals surface area contributed by atoms with Gasteiger partial charge in [0.15, 0.2) is 0 Å². The lowest BCUT2D eigenvalue weighted by Crippen LogP contribution is -2.36. The molecule has 1 aliphatic heterocycles. The molecule has 20 heavy (non-hydrogen) atoms. The molecule has 2 atom stereocenters. The molecule has 2 rings (SSSR count). The first-order valence-electron chi connectivity index (χ1n) is 6.99. The third-order valence-corrected chi connectivity index (χ3v) is 3.64. The average molecular weight is 275 g/mol. The van der Waals surface area contributed by atoms with Gasteiger partial charge >= 0.3 is 0 Å². The first kappa shape index (κ1) is 14.5. The van der Waals surface area contributed by atoms with Gasteiger partial charge in [-0.05, 0) is 32.9 Å². The molecule has 0 bridgehead atoms. The maximum Gasteiger partial charge on any atom is 0.225 e. The number of pyridine rings is 1. The monoisotopic (exact) mass is 275 g/mol. The highest BCUT2D eigenvalue weighted by atomic mass is 16.2. The molecule has 1 aromatic rings. The van der Waals surface area contributed by atoms with Gasteiger partial charge in [0.1, 0.15) is 0 Å². The van der Waals surface area contributed by atoms with E-state index in [1.807, 2.05) is 39.0 Å². The number of hydrogen-bond donors (Lipinski definition) is 1. The van der Waals surface area contributed by atoms with E-state index < -0.39 is 0 Å². The third kappa shape index (κ3) is 3.15. The number of carbonyl (C=O) groups excluding carboxylic acids is 2. The summed E-state index contributed by atoms with van der Waals surface area (Å²) in [7, 11) is 0. The number of rotatable bonds is 4. The summed E-state index contributed by atoms with van der Waals surface area (Å²) in [4.78, 5) is 30.0. The summed E-state index contributed by atoms with van der Waals surface area (Å²) in [5.74, 6) is -0.263. The SMILES string of the molecule is CC(C)N1C[C@H](C(=O)N[C@H](C)c2ccccn2)CC1=O. The van der Waals surface area contributed by atoms with Gasteiger partial charge in [-0.25, -0.2) is 0 Å². The Morgan fingerprint density at radius 3 is 2.70 bits per heavy atom. The van der Waals surface area contributed by atoms with E-state index >= 15 is 0 Å². The lowest BCUT2D eigenvalue weighted by atomic mass is 10.1. The Labute approximate surface area is 119 Å². The molecular formula is C15H21N3O2. The largest absolute Gasteiger partial charge is 0.348 e. The molecule has 0 saturated carbocycles. The van der Waals surface area contributed by atoms with Crippen LogP contribution in [0.4, 0.5) is 0 Å². The van der Waals surface area contributed by atoms with E-state index in [1.54, 1.807) is 11.1 Å². The zero-order valence-corrected chi connectivity index (χ0v) is 12.2. The second-order valence-corrected chi connectivity index (χ2v) is 5.53. The van der Waals surface area contributed by atoms with E-state index in [0.29, 0.717) is 13.0 Å². The minimum absolute atomic E-state index is 0.0608. The second kappa shape index (κ2) is 6.03. The van der Waals surface area contributed by atoms with E-state index in [0.717, 1.165) is 5.69 Å². The number of carbonyl (C=O) groups is 2. The number of hydrogen-bond acceptors (Lipinski definition) is 3. The van der Waals surface area contributed by atoms with Crippen molar-refractivity contribution in [2.75, 3.05) is 6.54 Å². The summed E-state index contributed by atoms with van der Waals surface area (Å²) in [6, 6.07) is 5.62. The molecule has 5 heteroatoms. The topological polar surface area (TPSA) is 62.3 Å². The van der Waals surface area contributed by atoms with Crippen molar-refractivity contribution in [1.29, 1.82) is 0 Å². The molecule has 1 aromatic heterocycles. The Balaban J connectivity index is 1.95. The van der Waals surface area contributed by atoms with Crippen molar-refractivity contribution in [2.24, 2.45) is 5.92 Å². The van der Waals surface area contributed by atoms with Gasteiger partial charge in [0.2, 0.25) is 11.8 Å². The van der Waals surface area contributed by atoms with Crippen LogP contribution in [-0.2, 0) is 9.59 Å². The molecule has 1 N–H and O–H groups in total. The van der Waals surface area contributed by atoms with Crippen molar-refractivity contribution in [1.82, 2.24) is 15.2 Å². The smallest absolute Gasteiger partial charge is 0.225 e. The molecule has 0 unspecified atom stereocenters. The highest BCUT2D eigenvalue weighted by molar-refractivity contribution is 5.89. The van der Waals surface area contributed by atoms with Crippen LogP contribution in [0.15, 0.2) is 24.4 Å². The minimum atomic E-state index is -0.254. The Bertz CT molecular complexity index is 487. The van der Waals surface area contributed by atoms with Crippen molar-refractivity contribution in [3.05, 3.63) is 30.1 Å². The van der Waals surface area contributed by atoms with Crippen LogP contribution >= 0.6 is 0 Å². The summed E-state index contributed by atoms with van der Waals surface area (Å²) in [5.41, 5.74) is 0.825. The molecule has 2 heterocycles. The standard InChI is InChI=1S/C15H21N3O2/c1-10(2)18-9-12(8-14(18)19)15(20)17-11(3)13-6-4-5-7-16-13/h4-7,10-12H,8-9H2,1-3H3,(H,17,20)/t11-,12-/m1/s1. The van der Waals surface area contributed by atoms with Gasteiger partial charge in [-0.15, -0.1) is 0 Å². The van der Waals surface area contributed by atoms with Gasteiger partial charge in [0.05, 0.1) is 17.7 Å². The Morgan fingerprint density at radius 2 is 2.15 bits per heavy atom. The molecule has 1 saturated heterocycles. The van der Waals surface area contributed by atoms with Gasteiger partial charge in [-0.1, -0.05) is 6.07 Å². The summed E-state index contributed by atoms with van der Waals surface area (Å²) >= 11 is 0. The molecule has 1 fully saturated rings. The predicted octanol–water partition coefficient (Wildman–Crippen LogP) is 1.52. The number of amides is 2. The average Bonchev–Trinajstić information content (AvgIpc) is 2.82. The molecule has 0 aromatic carbocycles. The number of nitrogens with one attached hydrogen (secondary N) is 1. The van der Waals surface area contributed by atoms with E-state index in [-0.39, 0.29) is 29.8 Å². The van der Waals surface area contributed by atoms with Gasteiger partial charge in [0, 0.05) is 25.2 Å². The van der Waals surface area contributed by atoms with E-state index in [1.165, 1.54) is 0 Å². The molecule has 0 spiro atoms. The highest BCUT2D eigenvalue weighted by Gasteiger charge is 2.35. The summed E-state index contributed by atoms with van der Waals surface area (Å²) in [5, 5.41) is 2.94. The van der Waals surface area contributed by atoms with Crippen LogP contribution in [-0.4, -0.2) is 34.3 Å². The van der Waals surface area contributed by atoms with Crippen molar-refractivity contribution in [2.45, 2.75) is 39.3 Å². The van der Waals surface area contributed by atoms with Crippen LogP contribution in [0.3, 0.4) is 0 Å². The van der Waals surface area contributed by atoms with E-state index in [9.17, 15) is 9.59 Å². The first-order chi connectivity index (χ1) is 9.49. The fourth-order valence-corrected chi connectivity index (χ4v) is 2.44. The van der Waals surface area contributed by atoms with Crippen LogP contribution in [0.1, 0.15) is 38.9 Å². The predicted molar refractivity (Wildman–Crippen MR) is 75.8 cm³/mol. The molecule has 0 aliphatic carbocycles. The lowest BCUT2D eigenvalue weighted by molar-refractivity contribution is -0.130. The summed E-state index contributed by atoms with van der Waals surface area (Å²) < 4.78 is 0. The molecular weight excluding hydrogens is 254 g/mol. The van der Waals surface area contributed by atoms with Crippen LogP contribution < -0.4 is 5.32 Å². The summed E-state index contributed by atoms with van der Waals surface area (Å²) in [6.07, 6.45) is 2.01. The number of likely N-dealkylation sites (tertiary alicyclic amines) is 1. The van der Waals surface area contributed by atoms with Gasteiger partial charge in [0.25, 0.3) is 0 Å². The van der Waals surface area contributed by atoms with Crippen molar-refractivity contribution < 1.29 is 9.59 Å². The maximum atomic E-state index is 12.2. The third-order valence-electron chi connectivity index (χ3n) is 3.64. The van der Waals surface area contributed by atoms with Crippen molar-refractivity contribution in [3.8, 4) is 0 Å². The maximum absolute atomic E-state index is 12.2. The first-order valence-corrected chi connectivity index (χ1v) is 6.99. The van der Waals surface area contributed by atoms with Crippen LogP contribution in [0, 0.1) is 5.92 Å². The zero-order chi connectivity index (χ0) is 14.7. The van der Waals surface area contributed by atoms with E-state index in [2.05, 4.69) is 10.3 Å². The Hall–Kier alpha value is -1.91. The van der Waals surface area contributed by atoms with Crippen LogP contribution in [0.5, 0.6) is 0 Å². The van der Waals surface area contributed by atoms with Gasteiger partial charge in [-0.3, -0.25) is 14.6 Å². The van der Waals surface area contributed by atoms with Gasteiger partial charge in [-0.2, -0.15) is 0 Å². The normalized spacial score (nSPS) is 20.3. The molecule has 0 radical (unpaired) electrons. The molecule has 108 valence electrons. The van der Waals surface area contributed by atoms with Crippen LogP contribution in [0.2, 0.25) is 0 Å². The number of nitrogens with zero attached hydrogens (tertiary/aromatic N) is 2. The van der Waals surface area contributed by atoms with Crippen molar-refractivity contribution in [3.63, 3.8) is 0 Å². The quantitative estimate of drug-likeness (QED) is 0.906. The number of aromatic nitrogens is 1. The zero-order valence-electron chi connectivity index (χ0n) is 12.2. The van der Waals surface area contributed by atoms with Gasteiger partial charge < -0.3 is 10.2 Å². The van der Waals surface area contributed by atoms with Crippen LogP contribution in [0.25, 0.3) is 0 Å². The fraction of sp³-hybridized carbons (Fsp3) is 0.533. The Morgan fingerprint density at radius 1 is 1.40 bits per heavy atom. The Kier molecular flexibility index (Phi) is 4.37. The summed E-state index contributed by atoms with van der Waals surface area (Å²) in [6.45, 7) is 6.35. The highest BCUT2D eigenvalue weighted by Crippen LogP contribution is 2.21. The molecule has 2 amide bonds. The fourth-order valence-electron chi connectivity index (χ4n) is 2.44. The lowest BCUT2D eigenvalue weighted by Gasteiger charge is -2.21. The second-order valence-electron chi connectivity index (χ2n) is 5.53.